The van der Waals surface area contributed by atoms with Gasteiger partial charge >= 0.3 is 0 Å². The number of likely N-dealkylation sites (N-methyl/N-ethyl adjacent to an activating group) is 1. The fourth-order valence-corrected chi connectivity index (χ4v) is 3.05. The Morgan fingerprint density at radius 3 is 2.94 bits per heavy atom. The van der Waals surface area contributed by atoms with E-state index < -0.39 is 0 Å². The maximum absolute atomic E-state index is 5.82. The van der Waals surface area contributed by atoms with Crippen LogP contribution in [-0.4, -0.2) is 19.2 Å². The van der Waals surface area contributed by atoms with Crippen LogP contribution in [0.5, 0.6) is 5.75 Å². The molecule has 1 aliphatic carbocycles. The van der Waals surface area contributed by atoms with E-state index in [0.29, 0.717) is 12.0 Å². The minimum atomic E-state index is 0.542. The summed E-state index contributed by atoms with van der Waals surface area (Å²) >= 11 is 0. The summed E-state index contributed by atoms with van der Waals surface area (Å²) in [7, 11) is 0. The van der Waals surface area contributed by atoms with Crippen molar-refractivity contribution in [3.8, 4) is 5.75 Å². The Kier molecular flexibility index (Phi) is 3.55. The van der Waals surface area contributed by atoms with Gasteiger partial charge in [0.25, 0.3) is 0 Å². The predicted molar refractivity (Wildman–Crippen MR) is 74.1 cm³/mol. The molecule has 1 aliphatic heterocycles. The highest BCUT2D eigenvalue weighted by Gasteiger charge is 2.32. The minimum absolute atomic E-state index is 0.542. The topological polar surface area (TPSA) is 21.3 Å². The summed E-state index contributed by atoms with van der Waals surface area (Å²) in [4.78, 5) is 0. The lowest BCUT2D eigenvalue weighted by Gasteiger charge is -2.23. The zero-order valence-corrected chi connectivity index (χ0v) is 11.2. The normalized spacial score (nSPS) is 23.5. The van der Waals surface area contributed by atoms with E-state index in [1.165, 1.54) is 31.2 Å². The number of hydrogen-bond acceptors (Lipinski definition) is 2. The third kappa shape index (κ3) is 2.54. The molecule has 2 aliphatic rings. The van der Waals surface area contributed by atoms with Gasteiger partial charge in [0.05, 0.1) is 6.61 Å². The van der Waals surface area contributed by atoms with Crippen molar-refractivity contribution in [2.24, 2.45) is 5.92 Å². The van der Waals surface area contributed by atoms with E-state index in [9.17, 15) is 0 Å². The lowest BCUT2D eigenvalue weighted by atomic mass is 9.89. The first-order chi connectivity index (χ1) is 8.88. The molecule has 2 atom stereocenters. The standard InChI is InChI=1S/C16H23NO/c1-2-17-15(10-9-12-7-8-12)14-11-18-16-6-4-3-5-13(14)16/h3-6,12,14-15,17H,2,7-11H2,1H3. The van der Waals surface area contributed by atoms with E-state index in [-0.39, 0.29) is 0 Å². The summed E-state index contributed by atoms with van der Waals surface area (Å²) in [5.41, 5.74) is 1.40. The van der Waals surface area contributed by atoms with Gasteiger partial charge in [0, 0.05) is 17.5 Å². The average molecular weight is 245 g/mol. The second kappa shape index (κ2) is 5.31. The van der Waals surface area contributed by atoms with Crippen LogP contribution in [0.1, 0.15) is 44.1 Å². The number of ether oxygens (including phenoxy) is 1. The molecule has 0 amide bonds. The van der Waals surface area contributed by atoms with Crippen molar-refractivity contribution in [1.82, 2.24) is 5.32 Å². The van der Waals surface area contributed by atoms with Crippen LogP contribution in [0.3, 0.4) is 0 Å². The zero-order chi connectivity index (χ0) is 12.4. The Labute approximate surface area is 110 Å². The fourth-order valence-electron chi connectivity index (χ4n) is 3.05. The summed E-state index contributed by atoms with van der Waals surface area (Å²) in [5.74, 6) is 2.65. The van der Waals surface area contributed by atoms with Crippen LogP contribution < -0.4 is 10.1 Å². The van der Waals surface area contributed by atoms with Gasteiger partial charge in [-0.3, -0.25) is 0 Å². The lowest BCUT2D eigenvalue weighted by Crippen LogP contribution is -2.35. The molecule has 0 aromatic heterocycles. The van der Waals surface area contributed by atoms with Gasteiger partial charge in [-0.25, -0.2) is 0 Å². The van der Waals surface area contributed by atoms with E-state index in [1.54, 1.807) is 0 Å². The Morgan fingerprint density at radius 1 is 1.33 bits per heavy atom. The molecule has 0 bridgehead atoms. The van der Waals surface area contributed by atoms with Crippen LogP contribution in [0.4, 0.5) is 0 Å². The van der Waals surface area contributed by atoms with Gasteiger partial charge in [-0.05, 0) is 31.4 Å². The number of rotatable bonds is 6. The van der Waals surface area contributed by atoms with Crippen molar-refractivity contribution in [3.63, 3.8) is 0 Å². The number of para-hydroxylation sites is 1. The SMILES string of the molecule is CCNC(CCC1CC1)C1COc2ccccc21. The molecule has 1 fully saturated rings. The molecule has 1 aromatic rings. The van der Waals surface area contributed by atoms with Crippen LogP contribution in [0.2, 0.25) is 0 Å². The van der Waals surface area contributed by atoms with E-state index in [1.807, 2.05) is 0 Å². The smallest absolute Gasteiger partial charge is 0.122 e. The molecule has 1 heterocycles. The van der Waals surface area contributed by atoms with E-state index in [0.717, 1.165) is 24.8 Å². The third-order valence-electron chi connectivity index (χ3n) is 4.27. The molecular formula is C16H23NO. The van der Waals surface area contributed by atoms with Crippen molar-refractivity contribution >= 4 is 0 Å². The fraction of sp³-hybridized carbons (Fsp3) is 0.625. The molecule has 0 saturated heterocycles. The highest BCUT2D eigenvalue weighted by molar-refractivity contribution is 5.40. The van der Waals surface area contributed by atoms with Crippen molar-refractivity contribution in [1.29, 1.82) is 0 Å². The molecule has 98 valence electrons. The summed E-state index contributed by atoms with van der Waals surface area (Å²) in [6.45, 7) is 4.10. The maximum atomic E-state index is 5.82. The van der Waals surface area contributed by atoms with Gasteiger partial charge in [-0.2, -0.15) is 0 Å². The molecule has 2 unspecified atom stereocenters. The first-order valence-corrected chi connectivity index (χ1v) is 7.33. The van der Waals surface area contributed by atoms with Crippen LogP contribution in [-0.2, 0) is 0 Å². The summed E-state index contributed by atoms with van der Waals surface area (Å²) in [6, 6.07) is 9.10. The van der Waals surface area contributed by atoms with Crippen LogP contribution >= 0.6 is 0 Å². The van der Waals surface area contributed by atoms with Gasteiger partial charge in [0.15, 0.2) is 0 Å². The van der Waals surface area contributed by atoms with E-state index in [4.69, 9.17) is 4.74 Å². The Balaban J connectivity index is 1.69. The van der Waals surface area contributed by atoms with Crippen molar-refractivity contribution in [2.45, 2.75) is 44.6 Å². The molecule has 18 heavy (non-hydrogen) atoms. The van der Waals surface area contributed by atoms with Crippen molar-refractivity contribution in [2.75, 3.05) is 13.2 Å². The first-order valence-electron chi connectivity index (χ1n) is 7.33. The molecule has 0 radical (unpaired) electrons. The predicted octanol–water partition coefficient (Wildman–Crippen LogP) is 3.33. The summed E-state index contributed by atoms with van der Waals surface area (Å²) in [6.07, 6.45) is 5.59. The third-order valence-corrected chi connectivity index (χ3v) is 4.27. The molecular weight excluding hydrogens is 222 g/mol. The van der Waals surface area contributed by atoms with Gasteiger partial charge in [-0.15, -0.1) is 0 Å². The Hall–Kier alpha value is -1.02. The Bertz CT molecular complexity index is 400. The van der Waals surface area contributed by atoms with E-state index >= 15 is 0 Å². The highest BCUT2D eigenvalue weighted by atomic mass is 16.5. The van der Waals surface area contributed by atoms with E-state index in [2.05, 4.69) is 36.5 Å². The van der Waals surface area contributed by atoms with Crippen LogP contribution in [0.25, 0.3) is 0 Å². The zero-order valence-electron chi connectivity index (χ0n) is 11.2. The first kappa shape index (κ1) is 12.0. The quantitative estimate of drug-likeness (QED) is 0.830. The molecule has 1 saturated carbocycles. The van der Waals surface area contributed by atoms with Gasteiger partial charge in [0.2, 0.25) is 0 Å². The lowest BCUT2D eigenvalue weighted by molar-refractivity contribution is 0.289. The Morgan fingerprint density at radius 2 is 2.17 bits per heavy atom. The molecule has 0 spiro atoms. The van der Waals surface area contributed by atoms with Gasteiger partial charge in [0.1, 0.15) is 5.75 Å². The molecule has 2 nitrogen and oxygen atoms in total. The van der Waals surface area contributed by atoms with Crippen molar-refractivity contribution in [3.05, 3.63) is 29.8 Å². The molecule has 1 aromatic carbocycles. The number of nitrogens with one attached hydrogen (secondary N) is 1. The molecule has 1 N–H and O–H groups in total. The number of fused-ring (bicyclic) bond motifs is 1. The molecule has 2 heteroatoms. The molecule has 3 rings (SSSR count). The van der Waals surface area contributed by atoms with Gasteiger partial charge in [-0.1, -0.05) is 38.0 Å². The summed E-state index contributed by atoms with van der Waals surface area (Å²) in [5, 5.41) is 3.67. The maximum Gasteiger partial charge on any atom is 0.122 e. The second-order valence-electron chi connectivity index (χ2n) is 5.64. The number of hydrogen-bond donors (Lipinski definition) is 1. The van der Waals surface area contributed by atoms with Gasteiger partial charge < -0.3 is 10.1 Å². The van der Waals surface area contributed by atoms with Crippen LogP contribution in [0, 0.1) is 5.92 Å². The highest BCUT2D eigenvalue weighted by Crippen LogP contribution is 2.39. The van der Waals surface area contributed by atoms with Crippen LogP contribution in [0.15, 0.2) is 24.3 Å². The monoisotopic (exact) mass is 245 g/mol. The summed E-state index contributed by atoms with van der Waals surface area (Å²) < 4.78 is 5.82. The number of benzene rings is 1. The second-order valence-corrected chi connectivity index (χ2v) is 5.64. The average Bonchev–Trinajstić information content (AvgIpc) is 3.13. The van der Waals surface area contributed by atoms with Crippen molar-refractivity contribution < 1.29 is 4.74 Å². The largest absolute Gasteiger partial charge is 0.493 e. The minimum Gasteiger partial charge on any atom is -0.493 e.